The molecular weight excluding hydrogens is 264 g/mol. The van der Waals surface area contributed by atoms with Gasteiger partial charge in [-0.1, -0.05) is 28.9 Å². The molecule has 0 atom stereocenters. The lowest BCUT2D eigenvalue weighted by Gasteiger charge is -2.34. The van der Waals surface area contributed by atoms with Gasteiger partial charge >= 0.3 is 0 Å². The number of hydrogen-bond donors (Lipinski definition) is 0. The third-order valence-electron chi connectivity index (χ3n) is 3.66. The number of benzene rings is 1. The standard InChI is InChI=1S/C14H15ClN2O2/c1-10-16-13(19-17-10)14(5-7-18-8-6-14)11-3-2-4-12(15)9-11/h2-4,9H,5-8H2,1H3. The summed E-state index contributed by atoms with van der Waals surface area (Å²) >= 11 is 6.12. The van der Waals surface area contributed by atoms with Crippen molar-refractivity contribution < 1.29 is 9.26 Å². The largest absolute Gasteiger partial charge is 0.381 e. The zero-order valence-corrected chi connectivity index (χ0v) is 11.5. The van der Waals surface area contributed by atoms with Gasteiger partial charge in [-0.15, -0.1) is 0 Å². The van der Waals surface area contributed by atoms with E-state index in [1.807, 2.05) is 25.1 Å². The Bertz CT molecular complexity index is 576. The molecule has 1 saturated heterocycles. The fourth-order valence-electron chi connectivity index (χ4n) is 2.62. The molecule has 19 heavy (non-hydrogen) atoms. The Kier molecular flexibility index (Phi) is 3.29. The van der Waals surface area contributed by atoms with Crippen LogP contribution in [0.3, 0.4) is 0 Å². The number of halogens is 1. The highest BCUT2D eigenvalue weighted by atomic mass is 35.5. The first-order valence-corrected chi connectivity index (χ1v) is 6.73. The monoisotopic (exact) mass is 278 g/mol. The number of hydrogen-bond acceptors (Lipinski definition) is 4. The van der Waals surface area contributed by atoms with E-state index in [1.54, 1.807) is 0 Å². The Hall–Kier alpha value is -1.39. The van der Waals surface area contributed by atoms with E-state index < -0.39 is 0 Å². The molecule has 3 rings (SSSR count). The van der Waals surface area contributed by atoms with E-state index in [0.717, 1.165) is 23.4 Å². The van der Waals surface area contributed by atoms with Gasteiger partial charge < -0.3 is 9.26 Å². The second-order valence-corrected chi connectivity index (χ2v) is 5.29. The van der Waals surface area contributed by atoms with Gasteiger partial charge in [0.1, 0.15) is 0 Å². The summed E-state index contributed by atoms with van der Waals surface area (Å²) in [7, 11) is 0. The van der Waals surface area contributed by atoms with Crippen LogP contribution in [0.4, 0.5) is 0 Å². The van der Waals surface area contributed by atoms with Crippen LogP contribution < -0.4 is 0 Å². The van der Waals surface area contributed by atoms with E-state index >= 15 is 0 Å². The Morgan fingerprint density at radius 3 is 2.68 bits per heavy atom. The summed E-state index contributed by atoms with van der Waals surface area (Å²) in [5.74, 6) is 1.32. The van der Waals surface area contributed by atoms with Crippen molar-refractivity contribution in [1.82, 2.24) is 10.1 Å². The predicted octanol–water partition coefficient (Wildman–Crippen LogP) is 3.13. The molecule has 5 heteroatoms. The Labute approximate surface area is 116 Å². The minimum Gasteiger partial charge on any atom is -0.381 e. The smallest absolute Gasteiger partial charge is 0.237 e. The van der Waals surface area contributed by atoms with Crippen LogP contribution in [0.5, 0.6) is 0 Å². The summed E-state index contributed by atoms with van der Waals surface area (Å²) in [6.07, 6.45) is 1.66. The predicted molar refractivity (Wildman–Crippen MR) is 71.3 cm³/mol. The van der Waals surface area contributed by atoms with E-state index in [9.17, 15) is 0 Å². The van der Waals surface area contributed by atoms with Gasteiger partial charge in [0.25, 0.3) is 0 Å². The highest BCUT2D eigenvalue weighted by Crippen LogP contribution is 2.40. The second kappa shape index (κ2) is 4.94. The van der Waals surface area contributed by atoms with E-state index in [2.05, 4.69) is 16.2 Å². The van der Waals surface area contributed by atoms with Crippen molar-refractivity contribution in [2.45, 2.75) is 25.2 Å². The average Bonchev–Trinajstić information content (AvgIpc) is 2.87. The molecule has 0 bridgehead atoms. The van der Waals surface area contributed by atoms with Gasteiger partial charge in [0.2, 0.25) is 5.89 Å². The molecule has 1 aliphatic rings. The Morgan fingerprint density at radius 2 is 2.05 bits per heavy atom. The van der Waals surface area contributed by atoms with Crippen LogP contribution in [0.25, 0.3) is 0 Å². The zero-order chi connectivity index (χ0) is 13.3. The van der Waals surface area contributed by atoms with Crippen molar-refractivity contribution in [3.8, 4) is 0 Å². The number of aryl methyl sites for hydroxylation is 1. The molecule has 0 spiro atoms. The molecule has 100 valence electrons. The van der Waals surface area contributed by atoms with Gasteiger partial charge in [0.05, 0.1) is 5.41 Å². The summed E-state index contributed by atoms with van der Waals surface area (Å²) in [6, 6.07) is 7.87. The van der Waals surface area contributed by atoms with Crippen LogP contribution >= 0.6 is 11.6 Å². The molecule has 4 nitrogen and oxygen atoms in total. The molecule has 0 N–H and O–H groups in total. The van der Waals surface area contributed by atoms with E-state index in [4.69, 9.17) is 20.9 Å². The molecule has 0 amide bonds. The van der Waals surface area contributed by atoms with Crippen LogP contribution in [0.1, 0.15) is 30.1 Å². The molecule has 1 aromatic carbocycles. The summed E-state index contributed by atoms with van der Waals surface area (Å²) in [6.45, 7) is 3.21. The van der Waals surface area contributed by atoms with E-state index in [0.29, 0.717) is 24.9 Å². The fourth-order valence-corrected chi connectivity index (χ4v) is 2.81. The topological polar surface area (TPSA) is 48.2 Å². The third-order valence-corrected chi connectivity index (χ3v) is 3.90. The summed E-state index contributed by atoms with van der Waals surface area (Å²) in [4.78, 5) is 4.44. The van der Waals surface area contributed by atoms with E-state index in [-0.39, 0.29) is 5.41 Å². The SMILES string of the molecule is Cc1noc(C2(c3cccc(Cl)c3)CCOCC2)n1. The number of aromatic nitrogens is 2. The normalized spacial score (nSPS) is 18.4. The van der Waals surface area contributed by atoms with E-state index in [1.165, 1.54) is 0 Å². The lowest BCUT2D eigenvalue weighted by Crippen LogP contribution is -2.35. The van der Waals surface area contributed by atoms with Crippen molar-refractivity contribution in [2.75, 3.05) is 13.2 Å². The van der Waals surface area contributed by atoms with Gasteiger partial charge in [-0.05, 0) is 37.5 Å². The molecule has 1 aromatic heterocycles. The fraction of sp³-hybridized carbons (Fsp3) is 0.429. The van der Waals surface area contributed by atoms with Gasteiger partial charge in [0.15, 0.2) is 5.82 Å². The lowest BCUT2D eigenvalue weighted by atomic mass is 9.74. The first-order valence-electron chi connectivity index (χ1n) is 6.35. The molecule has 0 radical (unpaired) electrons. The molecule has 1 fully saturated rings. The molecule has 2 aromatic rings. The minimum atomic E-state index is -0.273. The van der Waals surface area contributed by atoms with Gasteiger partial charge in [-0.25, -0.2) is 0 Å². The molecule has 0 aliphatic carbocycles. The first kappa shape index (κ1) is 12.6. The van der Waals surface area contributed by atoms with Crippen molar-refractivity contribution in [3.63, 3.8) is 0 Å². The Balaban J connectivity index is 2.11. The molecule has 2 heterocycles. The average molecular weight is 279 g/mol. The van der Waals surface area contributed by atoms with Crippen LogP contribution in [0, 0.1) is 6.92 Å². The van der Waals surface area contributed by atoms with Crippen molar-refractivity contribution in [1.29, 1.82) is 0 Å². The first-order chi connectivity index (χ1) is 9.21. The molecule has 1 aliphatic heterocycles. The van der Waals surface area contributed by atoms with Gasteiger partial charge in [0, 0.05) is 18.2 Å². The third kappa shape index (κ3) is 2.26. The highest BCUT2D eigenvalue weighted by Gasteiger charge is 2.41. The van der Waals surface area contributed by atoms with Crippen molar-refractivity contribution in [2.24, 2.45) is 0 Å². The maximum atomic E-state index is 6.12. The molecule has 0 unspecified atom stereocenters. The number of rotatable bonds is 2. The quantitative estimate of drug-likeness (QED) is 0.847. The van der Waals surface area contributed by atoms with Gasteiger partial charge in [-0.2, -0.15) is 4.98 Å². The van der Waals surface area contributed by atoms with Crippen LogP contribution in [0.2, 0.25) is 5.02 Å². The lowest BCUT2D eigenvalue weighted by molar-refractivity contribution is 0.0523. The zero-order valence-electron chi connectivity index (χ0n) is 10.7. The maximum Gasteiger partial charge on any atom is 0.237 e. The Morgan fingerprint density at radius 1 is 1.26 bits per heavy atom. The summed E-state index contributed by atoms with van der Waals surface area (Å²) < 4.78 is 10.9. The van der Waals surface area contributed by atoms with Crippen LogP contribution in [-0.2, 0) is 10.2 Å². The number of ether oxygens (including phenoxy) is 1. The highest BCUT2D eigenvalue weighted by molar-refractivity contribution is 6.30. The van der Waals surface area contributed by atoms with Crippen molar-refractivity contribution in [3.05, 3.63) is 46.6 Å². The van der Waals surface area contributed by atoms with Crippen molar-refractivity contribution >= 4 is 11.6 Å². The number of nitrogens with zero attached hydrogens (tertiary/aromatic N) is 2. The van der Waals surface area contributed by atoms with Gasteiger partial charge in [-0.3, -0.25) is 0 Å². The maximum absolute atomic E-state index is 6.12. The van der Waals surface area contributed by atoms with Crippen LogP contribution in [-0.4, -0.2) is 23.4 Å². The summed E-state index contributed by atoms with van der Waals surface area (Å²) in [5, 5.41) is 4.65. The summed E-state index contributed by atoms with van der Waals surface area (Å²) in [5.41, 5.74) is 0.844. The molecule has 0 saturated carbocycles. The molecular formula is C14H15ClN2O2. The minimum absolute atomic E-state index is 0.273. The second-order valence-electron chi connectivity index (χ2n) is 4.85. The van der Waals surface area contributed by atoms with Crippen LogP contribution in [0.15, 0.2) is 28.8 Å².